The Kier molecular flexibility index (Phi) is 36.9. The summed E-state index contributed by atoms with van der Waals surface area (Å²) in [6, 6.07) is 0. The summed E-state index contributed by atoms with van der Waals surface area (Å²) in [6.45, 7) is 9.43. The normalized spacial score (nSPS) is 12.4. The molecule has 242 valence electrons. The van der Waals surface area contributed by atoms with Gasteiger partial charge in [0.1, 0.15) is 0 Å². The monoisotopic (exact) mass is 564 g/mol. The minimum Gasteiger partial charge on any atom is -0.316 e. The Balaban J connectivity index is 3.62. The molecule has 0 aliphatic heterocycles. The van der Waals surface area contributed by atoms with Gasteiger partial charge in [0.15, 0.2) is 0 Å². The molecule has 0 spiro atoms. The van der Waals surface area contributed by atoms with Crippen LogP contribution in [-0.4, -0.2) is 13.1 Å². The van der Waals surface area contributed by atoms with Gasteiger partial charge in [-0.2, -0.15) is 0 Å². The van der Waals surface area contributed by atoms with E-state index in [0.717, 1.165) is 5.92 Å². The molecule has 0 rings (SSSR count). The van der Waals surface area contributed by atoms with Gasteiger partial charge in [-0.3, -0.25) is 0 Å². The Morgan fingerprint density at radius 1 is 0.300 bits per heavy atom. The van der Waals surface area contributed by atoms with E-state index >= 15 is 0 Å². The van der Waals surface area contributed by atoms with Crippen LogP contribution in [0.25, 0.3) is 0 Å². The molecule has 1 unspecified atom stereocenters. The Morgan fingerprint density at radius 3 is 0.825 bits per heavy atom. The van der Waals surface area contributed by atoms with Gasteiger partial charge in [-0.15, -0.1) is 0 Å². The lowest BCUT2D eigenvalue weighted by molar-refractivity contribution is 0.380. The molecule has 0 saturated heterocycles. The maximum absolute atomic E-state index is 3.79. The molecule has 0 aromatic heterocycles. The van der Waals surface area contributed by atoms with E-state index in [1.54, 1.807) is 0 Å². The highest BCUT2D eigenvalue weighted by Gasteiger charge is 2.08. The van der Waals surface area contributed by atoms with Gasteiger partial charge in [0, 0.05) is 0 Å². The zero-order valence-electron chi connectivity index (χ0n) is 28.8. The van der Waals surface area contributed by atoms with E-state index in [0.29, 0.717) is 0 Å². The fourth-order valence-electron chi connectivity index (χ4n) is 6.39. The first-order valence-corrected chi connectivity index (χ1v) is 19.6. The minimum absolute atomic E-state index is 0.927. The van der Waals surface area contributed by atoms with Gasteiger partial charge in [0.2, 0.25) is 0 Å². The van der Waals surface area contributed by atoms with E-state index in [1.165, 1.54) is 225 Å². The van der Waals surface area contributed by atoms with Crippen molar-refractivity contribution in [1.29, 1.82) is 0 Å². The molecule has 40 heavy (non-hydrogen) atoms. The van der Waals surface area contributed by atoms with E-state index in [1.807, 2.05) is 0 Å². The second-order valence-corrected chi connectivity index (χ2v) is 13.5. The molecule has 0 bridgehead atoms. The summed E-state index contributed by atoms with van der Waals surface area (Å²) in [5.74, 6) is 0.927. The molecule has 0 aliphatic rings. The highest BCUT2D eigenvalue weighted by molar-refractivity contribution is 4.64. The SMILES string of the molecule is CCCCCCCCCCCCCCCCCC(CCCCCCCCCCCCCCCC)CNCCCC. The van der Waals surface area contributed by atoms with E-state index < -0.39 is 0 Å². The highest BCUT2D eigenvalue weighted by Crippen LogP contribution is 2.20. The molecule has 0 heterocycles. The van der Waals surface area contributed by atoms with E-state index in [2.05, 4.69) is 26.1 Å². The number of rotatable bonds is 36. The first-order valence-electron chi connectivity index (χ1n) is 19.6. The summed E-state index contributed by atoms with van der Waals surface area (Å²) < 4.78 is 0. The van der Waals surface area contributed by atoms with Gasteiger partial charge < -0.3 is 5.32 Å². The lowest BCUT2D eigenvalue weighted by Crippen LogP contribution is -2.24. The summed E-state index contributed by atoms with van der Waals surface area (Å²) in [6.07, 6.45) is 48.2. The summed E-state index contributed by atoms with van der Waals surface area (Å²) in [5, 5.41) is 3.79. The Morgan fingerprint density at radius 2 is 0.550 bits per heavy atom. The molecular weight excluding hydrogens is 482 g/mol. The molecule has 0 aromatic carbocycles. The third-order valence-electron chi connectivity index (χ3n) is 9.32. The van der Waals surface area contributed by atoms with Crippen LogP contribution in [0.4, 0.5) is 0 Å². The smallest absolute Gasteiger partial charge is 0.00205 e. The van der Waals surface area contributed by atoms with Crippen LogP contribution in [0.1, 0.15) is 233 Å². The molecule has 0 aliphatic carbocycles. The van der Waals surface area contributed by atoms with Crippen molar-refractivity contribution in [3.63, 3.8) is 0 Å². The van der Waals surface area contributed by atoms with Crippen LogP contribution < -0.4 is 5.32 Å². The lowest BCUT2D eigenvalue weighted by atomic mass is 9.93. The average Bonchev–Trinajstić information content (AvgIpc) is 2.97. The predicted molar refractivity (Wildman–Crippen MR) is 186 cm³/mol. The molecule has 0 aromatic rings. The Bertz CT molecular complexity index is 419. The van der Waals surface area contributed by atoms with Crippen LogP contribution in [0, 0.1) is 5.92 Å². The van der Waals surface area contributed by atoms with Gasteiger partial charge >= 0.3 is 0 Å². The fraction of sp³-hybridized carbons (Fsp3) is 1.00. The van der Waals surface area contributed by atoms with Crippen LogP contribution in [0.2, 0.25) is 0 Å². The first-order chi connectivity index (χ1) is 19.8. The third kappa shape index (κ3) is 34.2. The second kappa shape index (κ2) is 37.0. The molecule has 1 atom stereocenters. The quantitative estimate of drug-likeness (QED) is 0.0747. The van der Waals surface area contributed by atoms with Crippen LogP contribution >= 0.6 is 0 Å². The summed E-state index contributed by atoms with van der Waals surface area (Å²) in [5.41, 5.74) is 0. The van der Waals surface area contributed by atoms with Gasteiger partial charge in [-0.05, 0) is 38.3 Å². The maximum Gasteiger partial charge on any atom is -0.00205 e. The van der Waals surface area contributed by atoms with Crippen LogP contribution in [0.15, 0.2) is 0 Å². The number of unbranched alkanes of at least 4 members (excludes halogenated alkanes) is 28. The molecule has 0 radical (unpaired) electrons. The zero-order chi connectivity index (χ0) is 29.0. The molecule has 0 saturated carbocycles. The van der Waals surface area contributed by atoms with Gasteiger partial charge in [0.05, 0.1) is 0 Å². The van der Waals surface area contributed by atoms with Crippen molar-refractivity contribution in [1.82, 2.24) is 5.32 Å². The first kappa shape index (κ1) is 40.0. The third-order valence-corrected chi connectivity index (χ3v) is 9.32. The minimum atomic E-state index is 0.927. The van der Waals surface area contributed by atoms with Gasteiger partial charge in [0.25, 0.3) is 0 Å². The van der Waals surface area contributed by atoms with Crippen molar-refractivity contribution < 1.29 is 0 Å². The van der Waals surface area contributed by atoms with Crippen LogP contribution in [-0.2, 0) is 0 Å². The van der Waals surface area contributed by atoms with Crippen LogP contribution in [0.5, 0.6) is 0 Å². The average molecular weight is 564 g/mol. The van der Waals surface area contributed by atoms with Crippen molar-refractivity contribution in [3.8, 4) is 0 Å². The maximum atomic E-state index is 3.79. The van der Waals surface area contributed by atoms with Crippen molar-refractivity contribution in [2.24, 2.45) is 5.92 Å². The Labute approximate surface area is 256 Å². The highest BCUT2D eigenvalue weighted by atomic mass is 14.8. The van der Waals surface area contributed by atoms with Crippen molar-refractivity contribution >= 4 is 0 Å². The molecule has 1 nitrogen and oxygen atoms in total. The molecule has 1 N–H and O–H groups in total. The topological polar surface area (TPSA) is 12.0 Å². The number of hydrogen-bond acceptors (Lipinski definition) is 1. The van der Waals surface area contributed by atoms with Gasteiger partial charge in [-0.1, -0.05) is 213 Å². The van der Waals surface area contributed by atoms with E-state index in [-0.39, 0.29) is 0 Å². The van der Waals surface area contributed by atoms with Crippen LogP contribution in [0.3, 0.4) is 0 Å². The number of hydrogen-bond donors (Lipinski definition) is 1. The number of nitrogens with one attached hydrogen (secondary N) is 1. The summed E-state index contributed by atoms with van der Waals surface area (Å²) in [4.78, 5) is 0. The molecule has 1 heteroatoms. The van der Waals surface area contributed by atoms with Crippen molar-refractivity contribution in [3.05, 3.63) is 0 Å². The van der Waals surface area contributed by atoms with Crippen molar-refractivity contribution in [2.45, 2.75) is 233 Å². The van der Waals surface area contributed by atoms with E-state index in [9.17, 15) is 0 Å². The summed E-state index contributed by atoms with van der Waals surface area (Å²) >= 11 is 0. The van der Waals surface area contributed by atoms with Gasteiger partial charge in [-0.25, -0.2) is 0 Å². The van der Waals surface area contributed by atoms with Crippen molar-refractivity contribution in [2.75, 3.05) is 13.1 Å². The largest absolute Gasteiger partial charge is 0.316 e. The molecule has 0 fully saturated rings. The lowest BCUT2D eigenvalue weighted by Gasteiger charge is -2.18. The zero-order valence-corrected chi connectivity index (χ0v) is 28.8. The molecule has 0 amide bonds. The standard InChI is InChI=1S/C39H81N/c1-4-7-10-12-14-16-18-20-22-24-26-28-30-32-34-36-39(38-40-37-9-6-3)35-33-31-29-27-25-23-21-19-17-15-13-11-8-5-2/h39-40H,4-38H2,1-3H3. The second-order valence-electron chi connectivity index (χ2n) is 13.5. The summed E-state index contributed by atoms with van der Waals surface area (Å²) in [7, 11) is 0. The Hall–Kier alpha value is -0.0400. The van der Waals surface area contributed by atoms with E-state index in [4.69, 9.17) is 0 Å². The molecular formula is C39H81N. The predicted octanol–water partition coefficient (Wildman–Crippen LogP) is 14.1. The fourth-order valence-corrected chi connectivity index (χ4v) is 6.39.